The van der Waals surface area contributed by atoms with Crippen molar-refractivity contribution in [1.82, 2.24) is 14.7 Å². The first kappa shape index (κ1) is 13.4. The van der Waals surface area contributed by atoms with Crippen LogP contribution in [-0.2, 0) is 17.9 Å². The van der Waals surface area contributed by atoms with Crippen molar-refractivity contribution in [2.75, 3.05) is 6.54 Å². The quantitative estimate of drug-likeness (QED) is 0.806. The molecule has 1 aliphatic rings. The highest BCUT2D eigenvalue weighted by molar-refractivity contribution is 9.09. The molecule has 0 saturated carbocycles. The van der Waals surface area contributed by atoms with Crippen molar-refractivity contribution in [2.45, 2.75) is 24.3 Å². The number of hydrogen-bond acceptors (Lipinski definition) is 2. The molecule has 0 spiro atoms. The minimum atomic E-state index is 0.211. The largest absolute Gasteiger partial charge is 0.337 e. The lowest BCUT2D eigenvalue weighted by Crippen LogP contribution is -2.24. The Hall–Kier alpha value is -1.62. The number of halogens is 1. The Kier molecular flexibility index (Phi) is 3.87. The van der Waals surface area contributed by atoms with Gasteiger partial charge in [-0.1, -0.05) is 46.3 Å². The van der Waals surface area contributed by atoms with E-state index in [1.54, 1.807) is 0 Å². The monoisotopic (exact) mass is 333 g/mol. The highest BCUT2D eigenvalue weighted by atomic mass is 79.9. The third-order valence-corrected chi connectivity index (χ3v) is 4.03. The number of rotatable bonds is 4. The predicted molar refractivity (Wildman–Crippen MR) is 80.5 cm³/mol. The van der Waals surface area contributed by atoms with Crippen molar-refractivity contribution in [3.8, 4) is 0 Å². The molecule has 1 aromatic heterocycles. The van der Waals surface area contributed by atoms with Gasteiger partial charge in [0.2, 0.25) is 5.91 Å². The number of alkyl halides is 1. The molecule has 0 aliphatic carbocycles. The third-order valence-electron chi connectivity index (χ3n) is 3.41. The van der Waals surface area contributed by atoms with Gasteiger partial charge in [0.25, 0.3) is 0 Å². The Balaban J connectivity index is 1.64. The van der Waals surface area contributed by atoms with Gasteiger partial charge in [-0.15, -0.1) is 0 Å². The van der Waals surface area contributed by atoms with Gasteiger partial charge < -0.3 is 4.90 Å². The molecule has 1 unspecified atom stereocenters. The van der Waals surface area contributed by atoms with E-state index in [1.165, 1.54) is 5.56 Å². The molecule has 104 valence electrons. The molecule has 2 aromatic rings. The highest BCUT2D eigenvalue weighted by Gasteiger charge is 2.27. The van der Waals surface area contributed by atoms with Crippen LogP contribution < -0.4 is 0 Å². The number of benzene rings is 1. The van der Waals surface area contributed by atoms with Crippen molar-refractivity contribution >= 4 is 21.8 Å². The number of aromatic nitrogens is 2. The van der Waals surface area contributed by atoms with Crippen LogP contribution >= 0.6 is 15.9 Å². The normalized spacial score (nSPS) is 18.8. The maximum Gasteiger partial charge on any atom is 0.224 e. The smallest absolute Gasteiger partial charge is 0.224 e. The molecule has 1 amide bonds. The van der Waals surface area contributed by atoms with E-state index < -0.39 is 0 Å². The standard InChI is InChI=1S/C15H16BrN3O/c16-14-6-15(20)18(11-14)8-13-7-17-19(10-13)9-12-4-2-1-3-5-12/h1-5,7,10,14H,6,8-9,11H2. The van der Waals surface area contributed by atoms with Crippen LogP contribution in [0.5, 0.6) is 0 Å². The summed E-state index contributed by atoms with van der Waals surface area (Å²) in [5.74, 6) is 0.211. The Morgan fingerprint density at radius 2 is 2.00 bits per heavy atom. The van der Waals surface area contributed by atoms with Crippen molar-refractivity contribution < 1.29 is 4.79 Å². The lowest BCUT2D eigenvalue weighted by Gasteiger charge is -2.13. The van der Waals surface area contributed by atoms with Crippen LogP contribution in [0.1, 0.15) is 17.5 Å². The Morgan fingerprint density at radius 1 is 1.20 bits per heavy atom. The fourth-order valence-electron chi connectivity index (χ4n) is 2.44. The summed E-state index contributed by atoms with van der Waals surface area (Å²) in [5, 5.41) is 4.36. The van der Waals surface area contributed by atoms with Crippen LogP contribution in [0.2, 0.25) is 0 Å². The first-order chi connectivity index (χ1) is 9.70. The second kappa shape index (κ2) is 5.79. The Morgan fingerprint density at radius 3 is 2.70 bits per heavy atom. The van der Waals surface area contributed by atoms with Gasteiger partial charge in [0.05, 0.1) is 12.7 Å². The molecule has 20 heavy (non-hydrogen) atoms. The molecule has 3 rings (SSSR count). The molecule has 0 radical (unpaired) electrons. The van der Waals surface area contributed by atoms with Crippen molar-refractivity contribution in [1.29, 1.82) is 0 Å². The minimum Gasteiger partial charge on any atom is -0.337 e. The fraction of sp³-hybridized carbons (Fsp3) is 0.333. The Labute approximate surface area is 126 Å². The summed E-state index contributed by atoms with van der Waals surface area (Å²) in [6, 6.07) is 10.2. The molecule has 0 N–H and O–H groups in total. The van der Waals surface area contributed by atoms with Crippen LogP contribution in [0.4, 0.5) is 0 Å². The first-order valence-corrected chi connectivity index (χ1v) is 7.59. The van der Waals surface area contributed by atoms with E-state index in [9.17, 15) is 4.79 Å². The molecule has 0 bridgehead atoms. The van der Waals surface area contributed by atoms with E-state index in [1.807, 2.05) is 40.2 Å². The lowest BCUT2D eigenvalue weighted by molar-refractivity contribution is -0.128. The molecule has 1 fully saturated rings. The van der Waals surface area contributed by atoms with Gasteiger partial charge in [-0.3, -0.25) is 9.48 Å². The molecule has 5 heteroatoms. The fourth-order valence-corrected chi connectivity index (χ4v) is 3.07. The number of carbonyl (C=O) groups is 1. The molecule has 4 nitrogen and oxygen atoms in total. The van der Waals surface area contributed by atoms with Crippen molar-refractivity contribution in [2.24, 2.45) is 0 Å². The van der Waals surface area contributed by atoms with E-state index >= 15 is 0 Å². The summed E-state index contributed by atoms with van der Waals surface area (Å²) < 4.78 is 1.91. The van der Waals surface area contributed by atoms with Gasteiger partial charge in [-0.25, -0.2) is 0 Å². The molecule has 1 saturated heterocycles. The molecular formula is C15H16BrN3O. The maximum absolute atomic E-state index is 11.8. The summed E-state index contributed by atoms with van der Waals surface area (Å²) in [5.41, 5.74) is 2.30. The highest BCUT2D eigenvalue weighted by Crippen LogP contribution is 2.20. The Bertz CT molecular complexity index is 596. The molecule has 1 aromatic carbocycles. The molecule has 1 aliphatic heterocycles. The second-order valence-electron chi connectivity index (χ2n) is 5.11. The van der Waals surface area contributed by atoms with E-state index in [-0.39, 0.29) is 10.7 Å². The van der Waals surface area contributed by atoms with Crippen LogP contribution in [-0.4, -0.2) is 32.0 Å². The average molecular weight is 334 g/mol. The number of nitrogens with zero attached hydrogens (tertiary/aromatic N) is 3. The maximum atomic E-state index is 11.8. The van der Waals surface area contributed by atoms with Gasteiger partial charge >= 0.3 is 0 Å². The molecule has 2 heterocycles. The molecule has 1 atom stereocenters. The summed E-state index contributed by atoms with van der Waals surface area (Å²) in [6.45, 7) is 2.19. The lowest BCUT2D eigenvalue weighted by atomic mass is 10.2. The number of amides is 1. The van der Waals surface area contributed by atoms with Gasteiger partial charge in [0, 0.05) is 36.1 Å². The van der Waals surface area contributed by atoms with Gasteiger partial charge in [0.15, 0.2) is 0 Å². The zero-order chi connectivity index (χ0) is 13.9. The van der Waals surface area contributed by atoms with Crippen molar-refractivity contribution in [3.63, 3.8) is 0 Å². The van der Waals surface area contributed by atoms with E-state index in [0.29, 0.717) is 13.0 Å². The summed E-state index contributed by atoms with van der Waals surface area (Å²) in [7, 11) is 0. The SMILES string of the molecule is O=C1CC(Br)CN1Cc1cnn(Cc2ccccc2)c1. The van der Waals surface area contributed by atoms with Gasteiger partial charge in [-0.2, -0.15) is 5.10 Å². The van der Waals surface area contributed by atoms with E-state index in [0.717, 1.165) is 18.7 Å². The zero-order valence-corrected chi connectivity index (χ0v) is 12.7. The number of hydrogen-bond donors (Lipinski definition) is 0. The first-order valence-electron chi connectivity index (χ1n) is 6.68. The van der Waals surface area contributed by atoms with Gasteiger partial charge in [0.1, 0.15) is 0 Å². The molecular weight excluding hydrogens is 318 g/mol. The number of likely N-dealkylation sites (tertiary alicyclic amines) is 1. The van der Waals surface area contributed by atoms with E-state index in [4.69, 9.17) is 0 Å². The number of carbonyl (C=O) groups excluding carboxylic acids is 1. The van der Waals surface area contributed by atoms with Crippen molar-refractivity contribution in [3.05, 3.63) is 53.9 Å². The van der Waals surface area contributed by atoms with Crippen LogP contribution in [0.25, 0.3) is 0 Å². The van der Waals surface area contributed by atoms with Crippen LogP contribution in [0, 0.1) is 0 Å². The third kappa shape index (κ3) is 3.10. The minimum absolute atomic E-state index is 0.211. The predicted octanol–water partition coefficient (Wildman–Crippen LogP) is 2.43. The van der Waals surface area contributed by atoms with Crippen LogP contribution in [0.15, 0.2) is 42.7 Å². The summed E-state index contributed by atoms with van der Waals surface area (Å²) >= 11 is 3.50. The zero-order valence-electron chi connectivity index (χ0n) is 11.1. The van der Waals surface area contributed by atoms with E-state index in [2.05, 4.69) is 33.2 Å². The average Bonchev–Trinajstić information content (AvgIpc) is 2.98. The van der Waals surface area contributed by atoms with Gasteiger partial charge in [-0.05, 0) is 5.56 Å². The second-order valence-corrected chi connectivity index (χ2v) is 6.40. The van der Waals surface area contributed by atoms with Crippen LogP contribution in [0.3, 0.4) is 0 Å². The summed E-state index contributed by atoms with van der Waals surface area (Å²) in [6.07, 6.45) is 4.46. The summed E-state index contributed by atoms with van der Waals surface area (Å²) in [4.78, 5) is 13.9. The topological polar surface area (TPSA) is 38.1 Å².